The molecule has 2 aromatic rings. The Morgan fingerprint density at radius 2 is 1.75 bits per heavy atom. The van der Waals surface area contributed by atoms with Crippen LogP contribution in [0.2, 0.25) is 0 Å². The Labute approximate surface area is 161 Å². The van der Waals surface area contributed by atoms with Gasteiger partial charge in [0.25, 0.3) is 0 Å². The second-order valence-corrected chi connectivity index (χ2v) is 6.20. The normalized spacial score (nSPS) is 12.4. The molecule has 2 heterocycles. The van der Waals surface area contributed by atoms with E-state index in [-0.39, 0.29) is 17.9 Å². The molecule has 1 aliphatic heterocycles. The number of aromatic amines is 1. The van der Waals surface area contributed by atoms with Crippen LogP contribution >= 0.6 is 0 Å². The molecular weight excluding hydrogens is 366 g/mol. The molecule has 0 spiro atoms. The molecule has 0 radical (unpaired) electrons. The van der Waals surface area contributed by atoms with Crippen molar-refractivity contribution in [2.45, 2.75) is 20.8 Å². The number of benzene rings is 1. The predicted molar refractivity (Wildman–Crippen MR) is 98.3 cm³/mol. The molecule has 148 valence electrons. The van der Waals surface area contributed by atoms with E-state index in [9.17, 15) is 14.4 Å². The maximum Gasteiger partial charge on any atom is 0.340 e. The Kier molecular flexibility index (Phi) is 5.67. The standard InChI is InChI=1S/C20H21NO7/c1-4-25-20(24)17-11(2)18(21-12(17)3)14(22)10-28-19(23)13-5-6-15-16(9-13)27-8-7-26-15/h5-6,9,21H,4,7-8,10H2,1-3H3. The summed E-state index contributed by atoms with van der Waals surface area (Å²) in [6.45, 7) is 5.66. The van der Waals surface area contributed by atoms with Crippen LogP contribution in [0.15, 0.2) is 18.2 Å². The molecule has 1 aromatic carbocycles. The molecule has 0 bridgehead atoms. The first-order chi connectivity index (χ1) is 13.4. The lowest BCUT2D eigenvalue weighted by molar-refractivity contribution is 0.0471. The lowest BCUT2D eigenvalue weighted by atomic mass is 10.1. The number of esters is 2. The van der Waals surface area contributed by atoms with Crippen LogP contribution in [0, 0.1) is 13.8 Å². The molecule has 1 N–H and O–H groups in total. The zero-order chi connectivity index (χ0) is 20.3. The zero-order valence-electron chi connectivity index (χ0n) is 15.9. The Balaban J connectivity index is 1.68. The van der Waals surface area contributed by atoms with E-state index in [1.165, 1.54) is 6.07 Å². The summed E-state index contributed by atoms with van der Waals surface area (Å²) in [4.78, 5) is 39.6. The van der Waals surface area contributed by atoms with E-state index in [1.807, 2.05) is 0 Å². The van der Waals surface area contributed by atoms with E-state index in [1.54, 1.807) is 32.9 Å². The van der Waals surface area contributed by atoms with Gasteiger partial charge in [0.1, 0.15) is 13.2 Å². The Morgan fingerprint density at radius 3 is 2.46 bits per heavy atom. The van der Waals surface area contributed by atoms with Gasteiger partial charge in [-0.2, -0.15) is 0 Å². The van der Waals surface area contributed by atoms with Crippen LogP contribution in [-0.2, 0) is 9.47 Å². The third-order valence-electron chi connectivity index (χ3n) is 4.31. The first kappa shape index (κ1) is 19.5. The number of H-pyrrole nitrogens is 1. The number of aryl methyl sites for hydroxylation is 1. The van der Waals surface area contributed by atoms with Gasteiger partial charge in [0.05, 0.1) is 23.4 Å². The third kappa shape index (κ3) is 3.85. The third-order valence-corrected chi connectivity index (χ3v) is 4.31. The molecule has 0 saturated heterocycles. The van der Waals surface area contributed by atoms with Gasteiger partial charge in [-0.3, -0.25) is 4.79 Å². The number of ketones is 1. The van der Waals surface area contributed by atoms with Gasteiger partial charge in [0.2, 0.25) is 5.78 Å². The van der Waals surface area contributed by atoms with Crippen molar-refractivity contribution >= 4 is 17.7 Å². The van der Waals surface area contributed by atoms with Crippen molar-refractivity contribution in [1.29, 1.82) is 0 Å². The summed E-state index contributed by atoms with van der Waals surface area (Å²) in [7, 11) is 0. The van der Waals surface area contributed by atoms with Crippen LogP contribution in [0.5, 0.6) is 11.5 Å². The molecule has 0 amide bonds. The lowest BCUT2D eigenvalue weighted by Gasteiger charge is -2.18. The van der Waals surface area contributed by atoms with Gasteiger partial charge in [-0.15, -0.1) is 0 Å². The van der Waals surface area contributed by atoms with Crippen LogP contribution in [0.25, 0.3) is 0 Å². The molecule has 0 unspecified atom stereocenters. The summed E-state index contributed by atoms with van der Waals surface area (Å²) < 4.78 is 21.0. The molecule has 0 saturated carbocycles. The van der Waals surface area contributed by atoms with Crippen LogP contribution in [0.1, 0.15) is 49.4 Å². The SMILES string of the molecule is CCOC(=O)c1c(C)[nH]c(C(=O)COC(=O)c2ccc3c(c2)OCCO3)c1C. The van der Waals surface area contributed by atoms with Gasteiger partial charge in [-0.25, -0.2) is 9.59 Å². The minimum Gasteiger partial charge on any atom is -0.486 e. The van der Waals surface area contributed by atoms with Crippen molar-refractivity contribution in [2.24, 2.45) is 0 Å². The summed E-state index contributed by atoms with van der Waals surface area (Å²) in [5.74, 6) is -0.579. The number of hydrogen-bond acceptors (Lipinski definition) is 7. The van der Waals surface area contributed by atoms with E-state index in [0.29, 0.717) is 41.5 Å². The topological polar surface area (TPSA) is 104 Å². The number of aromatic nitrogens is 1. The molecule has 28 heavy (non-hydrogen) atoms. The fourth-order valence-electron chi connectivity index (χ4n) is 3.00. The van der Waals surface area contributed by atoms with E-state index in [4.69, 9.17) is 18.9 Å². The van der Waals surface area contributed by atoms with Crippen molar-refractivity contribution in [1.82, 2.24) is 4.98 Å². The minimum absolute atomic E-state index is 0.218. The van der Waals surface area contributed by atoms with Crippen LogP contribution in [0.3, 0.4) is 0 Å². The zero-order valence-corrected chi connectivity index (χ0v) is 15.9. The fourth-order valence-corrected chi connectivity index (χ4v) is 3.00. The van der Waals surface area contributed by atoms with E-state index < -0.39 is 24.3 Å². The molecule has 3 rings (SSSR count). The number of hydrogen-bond donors (Lipinski definition) is 1. The molecule has 0 aliphatic carbocycles. The van der Waals surface area contributed by atoms with E-state index >= 15 is 0 Å². The number of fused-ring (bicyclic) bond motifs is 1. The highest BCUT2D eigenvalue weighted by molar-refractivity contribution is 6.03. The van der Waals surface area contributed by atoms with Gasteiger partial charge in [0, 0.05) is 5.69 Å². The van der Waals surface area contributed by atoms with Gasteiger partial charge < -0.3 is 23.9 Å². The summed E-state index contributed by atoms with van der Waals surface area (Å²) >= 11 is 0. The summed E-state index contributed by atoms with van der Waals surface area (Å²) in [6.07, 6.45) is 0. The molecule has 8 heteroatoms. The number of Topliss-reactive ketones (excluding diaryl/α,β-unsaturated/α-hetero) is 1. The van der Waals surface area contributed by atoms with Gasteiger partial charge in [-0.1, -0.05) is 0 Å². The second-order valence-electron chi connectivity index (χ2n) is 6.20. The van der Waals surface area contributed by atoms with Crippen LogP contribution in [-0.4, -0.2) is 49.1 Å². The number of ether oxygens (including phenoxy) is 4. The second kappa shape index (κ2) is 8.16. The number of carbonyl (C=O) groups excluding carboxylic acids is 3. The minimum atomic E-state index is -0.656. The molecule has 0 fully saturated rings. The smallest absolute Gasteiger partial charge is 0.340 e. The molecule has 8 nitrogen and oxygen atoms in total. The highest BCUT2D eigenvalue weighted by Crippen LogP contribution is 2.31. The summed E-state index contributed by atoms with van der Waals surface area (Å²) in [5, 5.41) is 0. The Hall–Kier alpha value is -3.29. The monoisotopic (exact) mass is 387 g/mol. The Bertz CT molecular complexity index is 929. The Morgan fingerprint density at radius 1 is 1.04 bits per heavy atom. The largest absolute Gasteiger partial charge is 0.486 e. The molecule has 1 aliphatic rings. The highest BCUT2D eigenvalue weighted by atomic mass is 16.6. The molecule has 1 aromatic heterocycles. The average Bonchev–Trinajstić information content (AvgIpc) is 2.99. The number of carbonyl (C=O) groups is 3. The van der Waals surface area contributed by atoms with Crippen LogP contribution in [0.4, 0.5) is 0 Å². The van der Waals surface area contributed by atoms with Crippen LogP contribution < -0.4 is 9.47 Å². The first-order valence-electron chi connectivity index (χ1n) is 8.88. The fraction of sp³-hybridized carbons (Fsp3) is 0.350. The maximum absolute atomic E-state index is 12.5. The maximum atomic E-state index is 12.5. The first-order valence-corrected chi connectivity index (χ1v) is 8.88. The van der Waals surface area contributed by atoms with Crippen molar-refractivity contribution in [3.05, 3.63) is 46.3 Å². The molecule has 0 atom stereocenters. The average molecular weight is 387 g/mol. The number of nitrogens with one attached hydrogen (secondary N) is 1. The van der Waals surface area contributed by atoms with E-state index in [0.717, 1.165) is 0 Å². The van der Waals surface area contributed by atoms with Gasteiger partial charge >= 0.3 is 11.9 Å². The van der Waals surface area contributed by atoms with Crippen molar-refractivity contribution in [3.63, 3.8) is 0 Å². The molecular formula is C20H21NO7. The van der Waals surface area contributed by atoms with Crippen molar-refractivity contribution in [3.8, 4) is 11.5 Å². The quantitative estimate of drug-likeness (QED) is 0.600. The van der Waals surface area contributed by atoms with Crippen molar-refractivity contribution in [2.75, 3.05) is 26.4 Å². The van der Waals surface area contributed by atoms with E-state index in [2.05, 4.69) is 4.98 Å². The highest BCUT2D eigenvalue weighted by Gasteiger charge is 2.24. The van der Waals surface area contributed by atoms with Gasteiger partial charge in [0.15, 0.2) is 18.1 Å². The van der Waals surface area contributed by atoms with Gasteiger partial charge in [-0.05, 0) is 44.5 Å². The summed E-state index contributed by atoms with van der Waals surface area (Å²) in [5.41, 5.74) is 1.79. The predicted octanol–water partition coefficient (Wildman–Crippen LogP) is 2.62. The van der Waals surface area contributed by atoms with Crippen molar-refractivity contribution < 1.29 is 33.3 Å². The number of rotatable bonds is 6. The summed E-state index contributed by atoms with van der Waals surface area (Å²) in [6, 6.07) is 4.68. The lowest BCUT2D eigenvalue weighted by Crippen LogP contribution is -2.17.